The van der Waals surface area contributed by atoms with E-state index in [4.69, 9.17) is 0 Å². The topological polar surface area (TPSA) is 82.2 Å². The van der Waals surface area contributed by atoms with E-state index in [-0.39, 0.29) is 23.1 Å². The summed E-state index contributed by atoms with van der Waals surface area (Å²) in [7, 11) is 0. The lowest BCUT2D eigenvalue weighted by Crippen LogP contribution is -1.98. The first-order valence-electron chi connectivity index (χ1n) is 8.03. The van der Waals surface area contributed by atoms with Gasteiger partial charge in [0.05, 0.1) is 0 Å². The lowest BCUT2D eigenvalue weighted by Gasteiger charge is -2.06. The van der Waals surface area contributed by atoms with Crippen molar-refractivity contribution in [3.8, 4) is 11.5 Å². The van der Waals surface area contributed by atoms with Crippen LogP contribution in [0.2, 0.25) is 0 Å². The van der Waals surface area contributed by atoms with E-state index in [1.165, 1.54) is 31.7 Å². The molecule has 0 saturated heterocycles. The summed E-state index contributed by atoms with van der Waals surface area (Å²) in [5.74, 6) is 0.271. The number of amides is 1. The molecule has 1 saturated carbocycles. The SMILES string of the molecule is O=C(CCC1CCCC1)N=Nc1cc(O)c2ccccc2c1O. The smallest absolute Gasteiger partial charge is 0.264 e. The molecule has 1 aliphatic rings. The van der Waals surface area contributed by atoms with Gasteiger partial charge in [-0.25, -0.2) is 0 Å². The molecule has 3 rings (SSSR count). The number of hydrogen-bond acceptors (Lipinski definition) is 4. The van der Waals surface area contributed by atoms with Crippen molar-refractivity contribution in [3.63, 3.8) is 0 Å². The largest absolute Gasteiger partial charge is 0.507 e. The van der Waals surface area contributed by atoms with Crippen molar-refractivity contribution < 1.29 is 15.0 Å². The maximum Gasteiger partial charge on any atom is 0.264 e. The summed E-state index contributed by atoms with van der Waals surface area (Å²) in [6.45, 7) is 0. The van der Waals surface area contributed by atoms with Gasteiger partial charge in [0.15, 0.2) is 5.75 Å². The number of carbonyl (C=O) groups excluding carboxylic acids is 1. The van der Waals surface area contributed by atoms with Gasteiger partial charge in [0.1, 0.15) is 11.4 Å². The lowest BCUT2D eigenvalue weighted by molar-refractivity contribution is -0.118. The van der Waals surface area contributed by atoms with Crippen LogP contribution < -0.4 is 0 Å². The zero-order chi connectivity index (χ0) is 16.2. The third-order valence-corrected chi connectivity index (χ3v) is 4.48. The normalized spacial score (nSPS) is 15.7. The molecule has 1 fully saturated rings. The molecule has 0 radical (unpaired) electrons. The fourth-order valence-corrected chi connectivity index (χ4v) is 3.19. The van der Waals surface area contributed by atoms with Crippen LogP contribution in [0, 0.1) is 5.92 Å². The number of aromatic hydroxyl groups is 2. The summed E-state index contributed by atoms with van der Waals surface area (Å²) < 4.78 is 0. The first-order valence-corrected chi connectivity index (χ1v) is 8.03. The van der Waals surface area contributed by atoms with Gasteiger partial charge in [0.25, 0.3) is 5.91 Å². The molecule has 5 heteroatoms. The van der Waals surface area contributed by atoms with E-state index in [0.717, 1.165) is 6.42 Å². The minimum atomic E-state index is -0.288. The molecule has 5 nitrogen and oxygen atoms in total. The van der Waals surface area contributed by atoms with E-state index in [9.17, 15) is 15.0 Å². The molecule has 2 aromatic rings. The monoisotopic (exact) mass is 312 g/mol. The summed E-state index contributed by atoms with van der Waals surface area (Å²) in [6, 6.07) is 8.25. The molecule has 2 aromatic carbocycles. The molecule has 23 heavy (non-hydrogen) atoms. The van der Waals surface area contributed by atoms with Crippen molar-refractivity contribution in [1.29, 1.82) is 0 Å². The quantitative estimate of drug-likeness (QED) is 0.626. The van der Waals surface area contributed by atoms with Crippen LogP contribution in [0.3, 0.4) is 0 Å². The van der Waals surface area contributed by atoms with Crippen LogP contribution in [0.15, 0.2) is 40.6 Å². The molecule has 0 spiro atoms. The van der Waals surface area contributed by atoms with Gasteiger partial charge in [-0.05, 0) is 12.3 Å². The van der Waals surface area contributed by atoms with Crippen molar-refractivity contribution >= 4 is 22.4 Å². The molecule has 1 aliphatic carbocycles. The molecular weight excluding hydrogens is 292 g/mol. The highest BCUT2D eigenvalue weighted by Gasteiger charge is 2.16. The zero-order valence-corrected chi connectivity index (χ0v) is 12.9. The van der Waals surface area contributed by atoms with Crippen LogP contribution in [-0.2, 0) is 4.79 Å². The molecular formula is C18H20N2O3. The highest BCUT2D eigenvalue weighted by molar-refractivity contribution is 5.96. The number of phenols is 2. The Hall–Kier alpha value is -2.43. The van der Waals surface area contributed by atoms with Crippen molar-refractivity contribution in [1.82, 2.24) is 0 Å². The van der Waals surface area contributed by atoms with Crippen LogP contribution >= 0.6 is 0 Å². The Kier molecular flexibility index (Phi) is 4.55. The zero-order valence-electron chi connectivity index (χ0n) is 12.9. The minimum Gasteiger partial charge on any atom is -0.507 e. The van der Waals surface area contributed by atoms with Crippen molar-refractivity contribution in [2.24, 2.45) is 16.1 Å². The van der Waals surface area contributed by atoms with Crippen molar-refractivity contribution in [3.05, 3.63) is 30.3 Å². The second-order valence-electron chi connectivity index (χ2n) is 6.09. The van der Waals surface area contributed by atoms with Gasteiger partial charge in [-0.15, -0.1) is 10.2 Å². The third kappa shape index (κ3) is 3.50. The van der Waals surface area contributed by atoms with Gasteiger partial charge < -0.3 is 10.2 Å². The first kappa shape index (κ1) is 15.5. The summed E-state index contributed by atoms with van der Waals surface area (Å²) in [4.78, 5) is 11.8. The summed E-state index contributed by atoms with van der Waals surface area (Å²) in [5, 5.41) is 28.7. The Bertz CT molecular complexity index is 749. The lowest BCUT2D eigenvalue weighted by atomic mass is 10.0. The van der Waals surface area contributed by atoms with Crippen molar-refractivity contribution in [2.75, 3.05) is 0 Å². The molecule has 0 aliphatic heterocycles. The van der Waals surface area contributed by atoms with E-state index in [1.807, 2.05) is 0 Å². The second kappa shape index (κ2) is 6.77. The highest BCUT2D eigenvalue weighted by Crippen LogP contribution is 2.40. The Morgan fingerprint density at radius 1 is 1.13 bits per heavy atom. The van der Waals surface area contributed by atoms with Crippen LogP contribution in [0.4, 0.5) is 5.69 Å². The summed E-state index contributed by atoms with van der Waals surface area (Å²) in [6.07, 6.45) is 6.14. The Morgan fingerprint density at radius 2 is 1.83 bits per heavy atom. The van der Waals surface area contributed by atoms with Crippen LogP contribution in [0.25, 0.3) is 10.8 Å². The van der Waals surface area contributed by atoms with Crippen LogP contribution in [0.5, 0.6) is 11.5 Å². The van der Waals surface area contributed by atoms with E-state index in [1.54, 1.807) is 24.3 Å². The van der Waals surface area contributed by atoms with Gasteiger partial charge in [0.2, 0.25) is 0 Å². The van der Waals surface area contributed by atoms with Gasteiger partial charge >= 0.3 is 0 Å². The minimum absolute atomic E-state index is 0.00533. The third-order valence-electron chi connectivity index (χ3n) is 4.48. The Balaban J connectivity index is 1.72. The van der Waals surface area contributed by atoms with E-state index >= 15 is 0 Å². The van der Waals surface area contributed by atoms with Gasteiger partial charge in [0, 0.05) is 23.3 Å². The summed E-state index contributed by atoms with van der Waals surface area (Å²) >= 11 is 0. The molecule has 120 valence electrons. The van der Waals surface area contributed by atoms with E-state index < -0.39 is 0 Å². The number of hydrogen-bond donors (Lipinski definition) is 2. The number of phenolic OH excluding ortho intramolecular Hbond substituents is 2. The molecule has 0 bridgehead atoms. The van der Waals surface area contributed by atoms with Gasteiger partial charge in [-0.1, -0.05) is 49.9 Å². The molecule has 1 amide bonds. The van der Waals surface area contributed by atoms with E-state index in [2.05, 4.69) is 10.2 Å². The Labute approximate surface area is 134 Å². The number of benzene rings is 2. The maximum absolute atomic E-state index is 11.8. The molecule has 0 atom stereocenters. The predicted octanol–water partition coefficient (Wildman–Crippen LogP) is 4.83. The number of fused-ring (bicyclic) bond motifs is 1. The fraction of sp³-hybridized carbons (Fsp3) is 0.389. The molecule has 0 heterocycles. The van der Waals surface area contributed by atoms with Gasteiger partial charge in [-0.3, -0.25) is 4.79 Å². The summed E-state index contributed by atoms with van der Waals surface area (Å²) in [5.41, 5.74) is 0.107. The molecule has 0 aromatic heterocycles. The fourth-order valence-electron chi connectivity index (χ4n) is 3.19. The molecule has 0 unspecified atom stereocenters. The molecule has 2 N–H and O–H groups in total. The van der Waals surface area contributed by atoms with Crippen LogP contribution in [0.1, 0.15) is 38.5 Å². The first-order chi connectivity index (χ1) is 11.1. The average molecular weight is 312 g/mol. The van der Waals surface area contributed by atoms with Gasteiger partial charge in [-0.2, -0.15) is 0 Å². The van der Waals surface area contributed by atoms with Crippen molar-refractivity contribution in [2.45, 2.75) is 38.5 Å². The number of azo groups is 1. The number of rotatable bonds is 4. The Morgan fingerprint density at radius 3 is 2.57 bits per heavy atom. The standard InChI is InChI=1S/C18H20N2O3/c21-16-11-15(18(23)14-8-4-3-7-13(14)16)19-20-17(22)10-9-12-5-1-2-6-12/h3-4,7-8,11-12,21,23H,1-2,5-6,9-10H2. The predicted molar refractivity (Wildman–Crippen MR) is 88.0 cm³/mol. The van der Waals surface area contributed by atoms with E-state index in [0.29, 0.717) is 23.1 Å². The maximum atomic E-state index is 11.8. The number of nitrogens with zero attached hydrogens (tertiary/aromatic N) is 2. The second-order valence-corrected chi connectivity index (χ2v) is 6.09. The number of carbonyl (C=O) groups is 1. The van der Waals surface area contributed by atoms with Crippen LogP contribution in [-0.4, -0.2) is 16.1 Å². The average Bonchev–Trinajstić information content (AvgIpc) is 3.08. The highest BCUT2D eigenvalue weighted by atomic mass is 16.3.